The summed E-state index contributed by atoms with van der Waals surface area (Å²) < 4.78 is 23.5. The van der Waals surface area contributed by atoms with E-state index in [0.717, 1.165) is 39.4 Å². The second-order valence-corrected chi connectivity index (χ2v) is 8.02. The summed E-state index contributed by atoms with van der Waals surface area (Å²) in [5.41, 5.74) is 2.82. The second-order valence-electron chi connectivity index (χ2n) is 8.02. The lowest BCUT2D eigenvalue weighted by atomic mass is 10.2. The molecule has 0 saturated carbocycles. The van der Waals surface area contributed by atoms with Crippen LogP contribution in [0.5, 0.6) is 17.2 Å². The first-order chi connectivity index (χ1) is 17.6. The van der Waals surface area contributed by atoms with E-state index in [1.165, 1.54) is 7.11 Å². The highest BCUT2D eigenvalue weighted by Crippen LogP contribution is 2.27. The Labute approximate surface area is 208 Å². The molecule has 0 radical (unpaired) electrons. The first-order valence-corrected chi connectivity index (χ1v) is 11.3. The quantitative estimate of drug-likeness (QED) is 0.184. The lowest BCUT2D eigenvalue weighted by molar-refractivity contribution is 0.0563. The summed E-state index contributed by atoms with van der Waals surface area (Å²) in [5.74, 6) is 2.59. The van der Waals surface area contributed by atoms with Gasteiger partial charge in [-0.3, -0.25) is 4.99 Å². The highest BCUT2D eigenvalue weighted by Gasteiger charge is 2.13. The number of para-hydroxylation sites is 1. The molecule has 5 aromatic rings. The number of benzene rings is 3. The second kappa shape index (κ2) is 10.2. The topological polar surface area (TPSA) is 75.2 Å². The van der Waals surface area contributed by atoms with Crippen LogP contribution in [0.25, 0.3) is 10.9 Å². The summed E-state index contributed by atoms with van der Waals surface area (Å²) >= 11 is 0. The lowest BCUT2D eigenvalue weighted by Crippen LogP contribution is -1.99. The van der Waals surface area contributed by atoms with Crippen molar-refractivity contribution in [1.82, 2.24) is 4.57 Å². The molecule has 0 aliphatic carbocycles. The van der Waals surface area contributed by atoms with Gasteiger partial charge < -0.3 is 23.2 Å². The van der Waals surface area contributed by atoms with Crippen LogP contribution in [0.4, 0.5) is 5.69 Å². The average molecular weight is 481 g/mol. The zero-order chi connectivity index (χ0) is 24.9. The Morgan fingerprint density at radius 3 is 2.31 bits per heavy atom. The molecule has 0 aliphatic rings. The molecular weight excluding hydrogens is 456 g/mol. The third kappa shape index (κ3) is 5.00. The Hall–Kier alpha value is -4.78. The number of hydrogen-bond donors (Lipinski definition) is 0. The average Bonchev–Trinajstić information content (AvgIpc) is 3.53. The van der Waals surface area contributed by atoms with Crippen LogP contribution < -0.4 is 9.47 Å². The van der Waals surface area contributed by atoms with Gasteiger partial charge in [-0.2, -0.15) is 0 Å². The number of esters is 1. The Morgan fingerprint density at radius 1 is 0.889 bits per heavy atom. The smallest absolute Gasteiger partial charge is 0.373 e. The molecule has 0 spiro atoms. The number of carbonyl (C=O) groups is 1. The number of methoxy groups -OCH3 is 2. The third-order valence-corrected chi connectivity index (χ3v) is 5.68. The number of hydrogen-bond acceptors (Lipinski definition) is 6. The van der Waals surface area contributed by atoms with Crippen molar-refractivity contribution >= 4 is 28.8 Å². The fourth-order valence-electron chi connectivity index (χ4n) is 3.87. The van der Waals surface area contributed by atoms with Gasteiger partial charge in [0.2, 0.25) is 5.76 Å². The summed E-state index contributed by atoms with van der Waals surface area (Å²) in [5, 5.41) is 1.07. The van der Waals surface area contributed by atoms with Gasteiger partial charge in [0.1, 0.15) is 23.0 Å². The number of nitrogens with zero attached hydrogens (tertiary/aromatic N) is 2. The molecule has 0 atom stereocenters. The largest absolute Gasteiger partial charge is 0.497 e. The Balaban J connectivity index is 1.33. The highest BCUT2D eigenvalue weighted by atomic mass is 16.5. The van der Waals surface area contributed by atoms with E-state index >= 15 is 0 Å². The normalized spacial score (nSPS) is 11.2. The minimum absolute atomic E-state index is 0.185. The van der Waals surface area contributed by atoms with Crippen LogP contribution >= 0.6 is 0 Å². The van der Waals surface area contributed by atoms with E-state index < -0.39 is 5.97 Å². The van der Waals surface area contributed by atoms with Crippen LogP contribution in [-0.4, -0.2) is 31.0 Å². The molecule has 3 aromatic carbocycles. The molecule has 0 fully saturated rings. The van der Waals surface area contributed by atoms with Gasteiger partial charge >= 0.3 is 5.97 Å². The molecule has 36 heavy (non-hydrogen) atoms. The monoisotopic (exact) mass is 480 g/mol. The molecule has 0 N–H and O–H groups in total. The molecule has 0 aliphatic heterocycles. The van der Waals surface area contributed by atoms with Crippen molar-refractivity contribution in [2.75, 3.05) is 14.2 Å². The molecule has 0 amide bonds. The van der Waals surface area contributed by atoms with Crippen LogP contribution in [0.15, 0.2) is 101 Å². The van der Waals surface area contributed by atoms with Gasteiger partial charge in [0.25, 0.3) is 0 Å². The van der Waals surface area contributed by atoms with Gasteiger partial charge in [0, 0.05) is 28.9 Å². The number of aromatic nitrogens is 1. The van der Waals surface area contributed by atoms with Gasteiger partial charge in [-0.05, 0) is 66.7 Å². The van der Waals surface area contributed by atoms with Crippen molar-refractivity contribution in [3.63, 3.8) is 0 Å². The van der Waals surface area contributed by atoms with Gasteiger partial charge in [-0.25, -0.2) is 4.79 Å². The number of rotatable bonds is 8. The Morgan fingerprint density at radius 2 is 1.58 bits per heavy atom. The van der Waals surface area contributed by atoms with Crippen molar-refractivity contribution in [3.8, 4) is 17.2 Å². The van der Waals surface area contributed by atoms with Gasteiger partial charge in [0.15, 0.2) is 0 Å². The fourth-order valence-corrected chi connectivity index (χ4v) is 3.87. The van der Waals surface area contributed by atoms with E-state index in [1.54, 1.807) is 19.2 Å². The number of ether oxygens (including phenoxy) is 3. The molecule has 0 unspecified atom stereocenters. The number of aliphatic imine (C=N–C) groups is 1. The first kappa shape index (κ1) is 23.0. The Bertz CT molecular complexity index is 1510. The maximum absolute atomic E-state index is 11.7. The van der Waals surface area contributed by atoms with E-state index in [2.05, 4.69) is 15.6 Å². The highest BCUT2D eigenvalue weighted by molar-refractivity contribution is 6.00. The van der Waals surface area contributed by atoms with E-state index in [0.29, 0.717) is 12.3 Å². The predicted molar refractivity (Wildman–Crippen MR) is 138 cm³/mol. The molecule has 2 aromatic heterocycles. The number of furan rings is 1. The van der Waals surface area contributed by atoms with E-state index in [1.807, 2.05) is 79.1 Å². The SMILES string of the molecule is COC(=O)c1ccc(Cn2cc(C=Nc3ccc(Oc4ccc(OC)cc4)cc3)c3ccccc32)o1. The van der Waals surface area contributed by atoms with Crippen LogP contribution in [0.3, 0.4) is 0 Å². The van der Waals surface area contributed by atoms with Crippen molar-refractivity contribution in [3.05, 3.63) is 108 Å². The summed E-state index contributed by atoms with van der Waals surface area (Å²) in [7, 11) is 2.96. The minimum atomic E-state index is -0.494. The lowest BCUT2D eigenvalue weighted by Gasteiger charge is -2.06. The molecule has 180 valence electrons. The third-order valence-electron chi connectivity index (χ3n) is 5.68. The first-order valence-electron chi connectivity index (χ1n) is 11.3. The summed E-state index contributed by atoms with van der Waals surface area (Å²) in [6.07, 6.45) is 3.87. The van der Waals surface area contributed by atoms with Crippen LogP contribution in [0, 0.1) is 0 Å². The predicted octanol–water partition coefficient (Wildman–Crippen LogP) is 6.62. The maximum Gasteiger partial charge on any atom is 0.373 e. The van der Waals surface area contributed by atoms with E-state index in [-0.39, 0.29) is 5.76 Å². The summed E-state index contributed by atoms with van der Waals surface area (Å²) in [6.45, 7) is 0.475. The van der Waals surface area contributed by atoms with Crippen molar-refractivity contribution < 1.29 is 23.4 Å². The van der Waals surface area contributed by atoms with Gasteiger partial charge in [-0.1, -0.05) is 18.2 Å². The fraction of sp³-hybridized carbons (Fsp3) is 0.103. The molecule has 2 heterocycles. The molecular formula is C29H24N2O5. The number of carbonyl (C=O) groups excluding carboxylic acids is 1. The summed E-state index contributed by atoms with van der Waals surface area (Å²) in [6, 6.07) is 26.5. The maximum atomic E-state index is 11.7. The van der Waals surface area contributed by atoms with E-state index in [9.17, 15) is 4.79 Å². The van der Waals surface area contributed by atoms with Crippen LogP contribution in [0.1, 0.15) is 21.9 Å². The number of fused-ring (bicyclic) bond motifs is 1. The van der Waals surface area contributed by atoms with Crippen molar-refractivity contribution in [1.29, 1.82) is 0 Å². The molecule has 0 bridgehead atoms. The Kier molecular flexibility index (Phi) is 6.53. The van der Waals surface area contributed by atoms with Gasteiger partial charge in [-0.15, -0.1) is 0 Å². The van der Waals surface area contributed by atoms with Crippen molar-refractivity contribution in [2.45, 2.75) is 6.54 Å². The standard InChI is InChI=1S/C29H24N2O5/c1-33-22-11-13-24(14-12-22)35-23-9-7-21(8-10-23)30-17-20-18-31(27-6-4-3-5-26(20)27)19-25-15-16-28(36-25)29(32)34-2/h3-18H,19H2,1-2H3. The molecule has 5 rings (SSSR count). The molecule has 0 saturated heterocycles. The van der Waals surface area contributed by atoms with Crippen LogP contribution in [0.2, 0.25) is 0 Å². The molecule has 7 nitrogen and oxygen atoms in total. The van der Waals surface area contributed by atoms with E-state index in [4.69, 9.17) is 18.6 Å². The summed E-state index contributed by atoms with van der Waals surface area (Å²) in [4.78, 5) is 16.4. The zero-order valence-electron chi connectivity index (χ0n) is 19.9. The molecule has 7 heteroatoms. The van der Waals surface area contributed by atoms with Gasteiger partial charge in [0.05, 0.1) is 26.5 Å². The minimum Gasteiger partial charge on any atom is -0.497 e. The van der Waals surface area contributed by atoms with Crippen LogP contribution in [-0.2, 0) is 11.3 Å². The zero-order valence-corrected chi connectivity index (χ0v) is 19.9. The van der Waals surface area contributed by atoms with Crippen molar-refractivity contribution in [2.24, 2.45) is 4.99 Å².